The molecule has 0 saturated carbocycles. The van der Waals surface area contributed by atoms with Crippen LogP contribution in [0, 0.1) is 23.7 Å². The molecule has 0 spiro atoms. The van der Waals surface area contributed by atoms with Crippen molar-refractivity contribution in [2.24, 2.45) is 23.7 Å². The van der Waals surface area contributed by atoms with E-state index in [-0.39, 0.29) is 25.7 Å². The molecule has 5 atom stereocenters. The number of aliphatic hydroxyl groups excluding tert-OH is 1. The summed E-state index contributed by atoms with van der Waals surface area (Å²) in [6.07, 6.45) is 57.0. The zero-order valence-corrected chi connectivity index (χ0v) is 67.6. The highest BCUT2D eigenvalue weighted by molar-refractivity contribution is 7.47. The fourth-order valence-corrected chi connectivity index (χ4v) is 14.0. The van der Waals surface area contributed by atoms with Gasteiger partial charge in [0.1, 0.15) is 19.3 Å². The molecule has 0 aliphatic rings. The first-order chi connectivity index (χ1) is 48.1. The second-order valence-electron chi connectivity index (χ2n) is 31.1. The van der Waals surface area contributed by atoms with Crippen LogP contribution in [-0.4, -0.2) is 96.7 Å². The topological polar surface area (TPSA) is 237 Å². The number of hydrogen-bond acceptors (Lipinski definition) is 15. The average Bonchev–Trinajstić information content (AvgIpc) is 0.921. The van der Waals surface area contributed by atoms with Crippen LogP contribution in [0.25, 0.3) is 0 Å². The van der Waals surface area contributed by atoms with E-state index in [2.05, 4.69) is 55.4 Å². The van der Waals surface area contributed by atoms with Crippen molar-refractivity contribution in [3.63, 3.8) is 0 Å². The third-order valence-electron chi connectivity index (χ3n) is 18.8. The van der Waals surface area contributed by atoms with E-state index in [0.717, 1.165) is 114 Å². The van der Waals surface area contributed by atoms with Gasteiger partial charge in [-0.1, -0.05) is 364 Å². The van der Waals surface area contributed by atoms with Gasteiger partial charge < -0.3 is 33.8 Å². The lowest BCUT2D eigenvalue weighted by molar-refractivity contribution is -0.161. The number of carbonyl (C=O) groups is 4. The summed E-state index contributed by atoms with van der Waals surface area (Å²) >= 11 is 0. The van der Waals surface area contributed by atoms with E-state index in [4.69, 9.17) is 37.0 Å². The minimum Gasteiger partial charge on any atom is -0.462 e. The van der Waals surface area contributed by atoms with Crippen molar-refractivity contribution in [2.45, 2.75) is 433 Å². The number of rotatable bonds is 78. The molecule has 0 aromatic heterocycles. The number of ether oxygens (including phenoxy) is 4. The maximum absolute atomic E-state index is 13.1. The maximum atomic E-state index is 13.1. The van der Waals surface area contributed by atoms with Gasteiger partial charge in [0.05, 0.1) is 26.4 Å². The number of unbranched alkanes of at least 4 members (excludes halogenated alkanes) is 44. The van der Waals surface area contributed by atoms with Crippen molar-refractivity contribution in [3.8, 4) is 0 Å². The molecule has 0 fully saturated rings. The van der Waals surface area contributed by atoms with Gasteiger partial charge in [-0.3, -0.25) is 37.3 Å². The molecule has 17 nitrogen and oxygen atoms in total. The molecule has 0 radical (unpaired) electrons. The van der Waals surface area contributed by atoms with Gasteiger partial charge in [-0.25, -0.2) is 9.13 Å². The van der Waals surface area contributed by atoms with Crippen LogP contribution in [0.5, 0.6) is 0 Å². The summed E-state index contributed by atoms with van der Waals surface area (Å²) in [5.41, 5.74) is 0. The summed E-state index contributed by atoms with van der Waals surface area (Å²) in [7, 11) is -9.92. The Labute approximate surface area is 613 Å². The molecular formula is C81H158O17P2. The Hall–Kier alpha value is -1.94. The minimum absolute atomic E-state index is 0.106. The molecule has 594 valence electrons. The molecular weight excluding hydrogens is 1310 g/mol. The van der Waals surface area contributed by atoms with Gasteiger partial charge in [-0.05, 0) is 49.4 Å². The second kappa shape index (κ2) is 70.1. The summed E-state index contributed by atoms with van der Waals surface area (Å²) in [5, 5.41) is 10.6. The Kier molecular flexibility index (Phi) is 68.7. The van der Waals surface area contributed by atoms with E-state index in [1.807, 2.05) is 0 Å². The van der Waals surface area contributed by atoms with Crippen molar-refractivity contribution in [1.29, 1.82) is 0 Å². The molecule has 3 N–H and O–H groups in total. The molecule has 100 heavy (non-hydrogen) atoms. The molecule has 0 heterocycles. The van der Waals surface area contributed by atoms with Crippen LogP contribution >= 0.6 is 15.6 Å². The molecule has 0 bridgehead atoms. The average molecular weight is 1470 g/mol. The van der Waals surface area contributed by atoms with E-state index < -0.39 is 97.5 Å². The minimum atomic E-state index is -4.96. The second-order valence-corrected chi connectivity index (χ2v) is 34.0. The Morgan fingerprint density at radius 3 is 0.620 bits per heavy atom. The van der Waals surface area contributed by atoms with Crippen LogP contribution < -0.4 is 0 Å². The van der Waals surface area contributed by atoms with E-state index in [0.29, 0.717) is 25.7 Å². The Balaban J connectivity index is 5.23. The lowest BCUT2D eigenvalue weighted by Crippen LogP contribution is -2.30. The highest BCUT2D eigenvalue weighted by Crippen LogP contribution is 2.45. The van der Waals surface area contributed by atoms with Crippen LogP contribution in [0.4, 0.5) is 0 Å². The zero-order chi connectivity index (χ0) is 73.8. The monoisotopic (exact) mass is 1470 g/mol. The van der Waals surface area contributed by atoms with Crippen LogP contribution in [0.15, 0.2) is 0 Å². The van der Waals surface area contributed by atoms with Gasteiger partial charge in [0.15, 0.2) is 12.2 Å². The number of phosphoric acid groups is 2. The molecule has 0 aliphatic carbocycles. The molecule has 0 aliphatic heterocycles. The van der Waals surface area contributed by atoms with Crippen LogP contribution in [-0.2, 0) is 65.4 Å². The largest absolute Gasteiger partial charge is 0.472 e. The quantitative estimate of drug-likeness (QED) is 0.0222. The summed E-state index contributed by atoms with van der Waals surface area (Å²) in [6.45, 7) is 14.2. The SMILES string of the molecule is CC(C)CCCCCCCCCCCCCCCCCCCCC(=O)O[C@H](COC(=O)CCCCCCCCCCCCCC(C)C)COP(=O)(O)OCC(O)COP(=O)(O)OC[C@@H](COC(=O)CCCCCCCCCCC(C)C)OC(=O)CCCCCCCCCCCCCC(C)C. The lowest BCUT2D eigenvalue weighted by atomic mass is 10.0. The zero-order valence-electron chi connectivity index (χ0n) is 65.8. The highest BCUT2D eigenvalue weighted by atomic mass is 31.2. The predicted molar refractivity (Wildman–Crippen MR) is 409 cm³/mol. The van der Waals surface area contributed by atoms with Crippen LogP contribution in [0.3, 0.4) is 0 Å². The normalized spacial score (nSPS) is 14.0. The third kappa shape index (κ3) is 74.3. The Bertz CT molecular complexity index is 1950. The molecule has 0 aromatic carbocycles. The fourth-order valence-electron chi connectivity index (χ4n) is 12.4. The van der Waals surface area contributed by atoms with Gasteiger partial charge >= 0.3 is 39.5 Å². The van der Waals surface area contributed by atoms with Crippen molar-refractivity contribution < 1.29 is 80.2 Å². The van der Waals surface area contributed by atoms with E-state index in [9.17, 15) is 43.2 Å². The summed E-state index contributed by atoms with van der Waals surface area (Å²) < 4.78 is 68.7. The van der Waals surface area contributed by atoms with Crippen molar-refractivity contribution in [3.05, 3.63) is 0 Å². The van der Waals surface area contributed by atoms with Crippen molar-refractivity contribution in [1.82, 2.24) is 0 Å². The number of phosphoric ester groups is 2. The maximum Gasteiger partial charge on any atom is 0.472 e. The van der Waals surface area contributed by atoms with Gasteiger partial charge in [0, 0.05) is 25.7 Å². The van der Waals surface area contributed by atoms with E-state index in [1.165, 1.54) is 218 Å². The van der Waals surface area contributed by atoms with Crippen molar-refractivity contribution >= 4 is 39.5 Å². The van der Waals surface area contributed by atoms with Crippen molar-refractivity contribution in [2.75, 3.05) is 39.6 Å². The molecule has 0 saturated heterocycles. The number of carbonyl (C=O) groups excluding carboxylic acids is 4. The highest BCUT2D eigenvalue weighted by Gasteiger charge is 2.30. The lowest BCUT2D eigenvalue weighted by Gasteiger charge is -2.21. The molecule has 0 amide bonds. The number of hydrogen-bond donors (Lipinski definition) is 3. The molecule has 19 heteroatoms. The predicted octanol–water partition coefficient (Wildman–Crippen LogP) is 24.0. The van der Waals surface area contributed by atoms with E-state index >= 15 is 0 Å². The van der Waals surface area contributed by atoms with Gasteiger partial charge in [-0.2, -0.15) is 0 Å². The number of esters is 4. The van der Waals surface area contributed by atoms with Gasteiger partial charge in [0.25, 0.3) is 0 Å². The van der Waals surface area contributed by atoms with Crippen LogP contribution in [0.2, 0.25) is 0 Å². The summed E-state index contributed by atoms with van der Waals surface area (Å²) in [4.78, 5) is 73.0. The Morgan fingerprint density at radius 1 is 0.250 bits per heavy atom. The Morgan fingerprint density at radius 2 is 0.420 bits per heavy atom. The van der Waals surface area contributed by atoms with Gasteiger partial charge in [-0.15, -0.1) is 0 Å². The summed E-state index contributed by atoms with van der Waals surface area (Å²) in [6, 6.07) is 0. The summed E-state index contributed by atoms with van der Waals surface area (Å²) in [5.74, 6) is 0.968. The first-order valence-electron chi connectivity index (χ1n) is 41.7. The molecule has 0 aromatic rings. The first kappa shape index (κ1) is 98.1. The fraction of sp³-hybridized carbons (Fsp3) is 0.951. The molecule has 3 unspecified atom stereocenters. The van der Waals surface area contributed by atoms with Gasteiger partial charge in [0.2, 0.25) is 0 Å². The third-order valence-corrected chi connectivity index (χ3v) is 20.7. The molecule has 0 rings (SSSR count). The standard InChI is InChI=1S/C81H158O17P2/c1-71(2)57-49-41-33-25-19-15-13-11-9-10-12-14-16-22-29-39-47-55-63-80(85)97-76(67-91-78(83)61-53-45-37-28-23-17-20-26-34-42-50-58-72(3)4)69-95-99(87,88)93-65-75(82)66-94-100(89,90)96-70-77(68-92-79(84)62-54-46-38-32-31-36-44-52-60-74(7)8)98-81(86)64-56-48-40-30-24-18-21-27-35-43-51-59-73(5)6/h71-77,82H,9-70H2,1-8H3,(H,87,88)(H,89,90)/t75?,76-,77-/m1/s1. The smallest absolute Gasteiger partial charge is 0.462 e. The van der Waals surface area contributed by atoms with E-state index in [1.54, 1.807) is 0 Å². The number of aliphatic hydroxyl groups is 1. The first-order valence-corrected chi connectivity index (χ1v) is 44.7. The van der Waals surface area contributed by atoms with Crippen LogP contribution in [0.1, 0.15) is 415 Å².